The first-order valence-electron chi connectivity index (χ1n) is 6.41. The molecule has 0 amide bonds. The van der Waals surface area contributed by atoms with Crippen LogP contribution in [0.2, 0.25) is 0 Å². The van der Waals surface area contributed by atoms with E-state index in [1.165, 1.54) is 13.3 Å². The maximum Gasteiger partial charge on any atom is 0.164 e. The summed E-state index contributed by atoms with van der Waals surface area (Å²) in [5.74, 6) is 1.28. The third kappa shape index (κ3) is 3.45. The Morgan fingerprint density at radius 1 is 1.45 bits per heavy atom. The zero-order chi connectivity index (χ0) is 14.5. The molecule has 2 rings (SSSR count). The lowest BCUT2D eigenvalue weighted by Crippen LogP contribution is -2.09. The molecule has 0 aliphatic heterocycles. The summed E-state index contributed by atoms with van der Waals surface area (Å²) in [5, 5.41) is 4.14. The molecule has 0 bridgehead atoms. The molecule has 1 heterocycles. The SMILES string of the molecule is CCCn1ncnc1COc1ccc(Br)cc1C(C)=O. The van der Waals surface area contributed by atoms with Crippen molar-refractivity contribution in [3.63, 3.8) is 0 Å². The number of aryl methyl sites for hydroxylation is 1. The van der Waals surface area contributed by atoms with Gasteiger partial charge in [0.25, 0.3) is 0 Å². The maximum absolute atomic E-state index is 11.6. The number of hydrogen-bond acceptors (Lipinski definition) is 4. The largest absolute Gasteiger partial charge is 0.485 e. The van der Waals surface area contributed by atoms with Crippen LogP contribution in [0.1, 0.15) is 36.5 Å². The van der Waals surface area contributed by atoms with E-state index in [9.17, 15) is 4.79 Å². The number of hydrogen-bond donors (Lipinski definition) is 0. The Morgan fingerprint density at radius 2 is 2.25 bits per heavy atom. The molecular formula is C14H16BrN3O2. The minimum atomic E-state index is -0.0312. The van der Waals surface area contributed by atoms with Gasteiger partial charge in [-0.3, -0.25) is 4.79 Å². The molecular weight excluding hydrogens is 322 g/mol. The summed E-state index contributed by atoms with van der Waals surface area (Å²) in [4.78, 5) is 15.8. The van der Waals surface area contributed by atoms with Gasteiger partial charge in [0.2, 0.25) is 0 Å². The third-order valence-corrected chi connectivity index (χ3v) is 3.30. The Balaban J connectivity index is 2.14. The van der Waals surface area contributed by atoms with Crippen molar-refractivity contribution in [1.29, 1.82) is 0 Å². The van der Waals surface area contributed by atoms with Crippen molar-refractivity contribution in [2.45, 2.75) is 33.4 Å². The third-order valence-electron chi connectivity index (χ3n) is 2.81. The standard InChI is InChI=1S/C14H16BrN3O2/c1-3-6-18-14(16-9-17-18)8-20-13-5-4-11(15)7-12(13)10(2)19/h4-5,7,9H,3,6,8H2,1-2H3. The number of carbonyl (C=O) groups excluding carboxylic acids is 1. The van der Waals surface area contributed by atoms with Crippen LogP contribution in [0.5, 0.6) is 5.75 Å². The number of ketones is 1. The van der Waals surface area contributed by atoms with Gasteiger partial charge in [0.1, 0.15) is 18.7 Å². The van der Waals surface area contributed by atoms with Crippen LogP contribution in [0.3, 0.4) is 0 Å². The maximum atomic E-state index is 11.6. The number of halogens is 1. The average molecular weight is 338 g/mol. The summed E-state index contributed by atoms with van der Waals surface area (Å²) >= 11 is 3.35. The molecule has 0 aliphatic carbocycles. The van der Waals surface area contributed by atoms with Gasteiger partial charge in [0, 0.05) is 11.0 Å². The Hall–Kier alpha value is -1.69. The van der Waals surface area contributed by atoms with E-state index in [1.54, 1.807) is 12.1 Å². The van der Waals surface area contributed by atoms with Crippen LogP contribution in [0.4, 0.5) is 0 Å². The van der Waals surface area contributed by atoms with Crippen LogP contribution in [0.15, 0.2) is 29.0 Å². The molecule has 0 radical (unpaired) electrons. The molecule has 6 heteroatoms. The number of benzene rings is 1. The molecule has 20 heavy (non-hydrogen) atoms. The minimum Gasteiger partial charge on any atom is -0.485 e. The summed E-state index contributed by atoms with van der Waals surface area (Å²) in [6.07, 6.45) is 2.50. The Kier molecular flexibility index (Phi) is 4.89. The molecule has 0 atom stereocenters. The first kappa shape index (κ1) is 14.7. The van der Waals surface area contributed by atoms with Crippen molar-refractivity contribution in [2.75, 3.05) is 0 Å². The van der Waals surface area contributed by atoms with Gasteiger partial charge in [-0.05, 0) is 31.5 Å². The van der Waals surface area contributed by atoms with Crippen LogP contribution in [0.25, 0.3) is 0 Å². The highest BCUT2D eigenvalue weighted by Crippen LogP contribution is 2.24. The summed E-state index contributed by atoms with van der Waals surface area (Å²) in [7, 11) is 0. The zero-order valence-electron chi connectivity index (χ0n) is 11.5. The first-order chi connectivity index (χ1) is 9.61. The van der Waals surface area contributed by atoms with Crippen molar-refractivity contribution in [2.24, 2.45) is 0 Å². The van der Waals surface area contributed by atoms with E-state index >= 15 is 0 Å². The van der Waals surface area contributed by atoms with Crippen LogP contribution in [-0.2, 0) is 13.2 Å². The normalized spacial score (nSPS) is 10.6. The van der Waals surface area contributed by atoms with Gasteiger partial charge < -0.3 is 4.74 Å². The quantitative estimate of drug-likeness (QED) is 0.759. The summed E-state index contributed by atoms with van der Waals surface area (Å²) in [6, 6.07) is 5.38. The molecule has 1 aromatic heterocycles. The highest BCUT2D eigenvalue weighted by atomic mass is 79.9. The van der Waals surface area contributed by atoms with Crippen molar-refractivity contribution in [3.05, 3.63) is 40.4 Å². The molecule has 0 saturated carbocycles. The fourth-order valence-corrected chi connectivity index (χ4v) is 2.21. The highest BCUT2D eigenvalue weighted by Gasteiger charge is 2.11. The average Bonchev–Trinajstić information content (AvgIpc) is 2.85. The molecule has 0 saturated heterocycles. The second-order valence-electron chi connectivity index (χ2n) is 4.38. The van der Waals surface area contributed by atoms with Gasteiger partial charge in [-0.2, -0.15) is 5.10 Å². The predicted molar refractivity (Wildman–Crippen MR) is 78.8 cm³/mol. The smallest absolute Gasteiger partial charge is 0.164 e. The van der Waals surface area contributed by atoms with E-state index in [-0.39, 0.29) is 5.78 Å². The van der Waals surface area contributed by atoms with Crippen molar-refractivity contribution in [3.8, 4) is 5.75 Å². The number of ether oxygens (including phenoxy) is 1. The summed E-state index contributed by atoms with van der Waals surface area (Å²) in [6.45, 7) is 4.70. The van der Waals surface area contributed by atoms with E-state index in [4.69, 9.17) is 4.74 Å². The molecule has 5 nitrogen and oxygen atoms in total. The Labute approximate surface area is 126 Å². The molecule has 0 spiro atoms. The predicted octanol–water partition coefficient (Wildman–Crippen LogP) is 3.23. The highest BCUT2D eigenvalue weighted by molar-refractivity contribution is 9.10. The number of Topliss-reactive ketones (excluding diaryl/α,β-unsaturated/α-hetero) is 1. The fraction of sp³-hybridized carbons (Fsp3) is 0.357. The lowest BCUT2D eigenvalue weighted by molar-refractivity contribution is 0.101. The van der Waals surface area contributed by atoms with E-state index in [0.29, 0.717) is 17.9 Å². The Bertz CT molecular complexity index is 610. The summed E-state index contributed by atoms with van der Waals surface area (Å²) in [5.41, 5.74) is 0.556. The molecule has 0 N–H and O–H groups in total. The summed E-state index contributed by atoms with van der Waals surface area (Å²) < 4.78 is 8.38. The van der Waals surface area contributed by atoms with Gasteiger partial charge in [-0.1, -0.05) is 22.9 Å². The molecule has 1 aromatic carbocycles. The van der Waals surface area contributed by atoms with Crippen LogP contribution >= 0.6 is 15.9 Å². The number of aromatic nitrogens is 3. The van der Waals surface area contributed by atoms with Gasteiger partial charge in [-0.15, -0.1) is 0 Å². The van der Waals surface area contributed by atoms with Crippen LogP contribution in [-0.4, -0.2) is 20.5 Å². The number of rotatable bonds is 6. The minimum absolute atomic E-state index is 0.0312. The van der Waals surface area contributed by atoms with Gasteiger partial charge in [0.05, 0.1) is 5.56 Å². The molecule has 0 aliphatic rings. The van der Waals surface area contributed by atoms with Gasteiger partial charge >= 0.3 is 0 Å². The van der Waals surface area contributed by atoms with Crippen molar-refractivity contribution >= 4 is 21.7 Å². The number of carbonyl (C=O) groups is 1. The van der Waals surface area contributed by atoms with E-state index in [1.807, 2.05) is 10.7 Å². The van der Waals surface area contributed by atoms with Crippen molar-refractivity contribution < 1.29 is 9.53 Å². The van der Waals surface area contributed by atoms with E-state index < -0.39 is 0 Å². The Morgan fingerprint density at radius 3 is 2.95 bits per heavy atom. The zero-order valence-corrected chi connectivity index (χ0v) is 13.1. The number of nitrogens with zero attached hydrogens (tertiary/aromatic N) is 3. The van der Waals surface area contributed by atoms with E-state index in [0.717, 1.165) is 23.3 Å². The van der Waals surface area contributed by atoms with Crippen LogP contribution < -0.4 is 4.74 Å². The van der Waals surface area contributed by atoms with Crippen molar-refractivity contribution in [1.82, 2.24) is 14.8 Å². The molecule has 0 unspecified atom stereocenters. The first-order valence-corrected chi connectivity index (χ1v) is 7.21. The molecule has 106 valence electrons. The monoisotopic (exact) mass is 337 g/mol. The lowest BCUT2D eigenvalue weighted by Gasteiger charge is -2.10. The lowest BCUT2D eigenvalue weighted by atomic mass is 10.1. The second-order valence-corrected chi connectivity index (χ2v) is 5.30. The molecule has 2 aromatic rings. The molecule has 0 fully saturated rings. The second kappa shape index (κ2) is 6.65. The topological polar surface area (TPSA) is 57.0 Å². The van der Waals surface area contributed by atoms with Gasteiger partial charge in [-0.25, -0.2) is 9.67 Å². The van der Waals surface area contributed by atoms with Gasteiger partial charge in [0.15, 0.2) is 11.6 Å². The van der Waals surface area contributed by atoms with Crippen LogP contribution in [0, 0.1) is 0 Å². The fourth-order valence-electron chi connectivity index (χ4n) is 1.84. The van der Waals surface area contributed by atoms with E-state index in [2.05, 4.69) is 32.9 Å².